The highest BCUT2D eigenvalue weighted by molar-refractivity contribution is 5.74. The third-order valence-corrected chi connectivity index (χ3v) is 2.19. The van der Waals surface area contributed by atoms with Gasteiger partial charge in [-0.3, -0.25) is 0 Å². The zero-order valence-electron chi connectivity index (χ0n) is 8.12. The second-order valence-corrected chi connectivity index (χ2v) is 3.58. The summed E-state index contributed by atoms with van der Waals surface area (Å²) in [6.45, 7) is 3.71. The summed E-state index contributed by atoms with van der Waals surface area (Å²) < 4.78 is 0. The van der Waals surface area contributed by atoms with Crippen LogP contribution in [0.25, 0.3) is 0 Å². The van der Waals surface area contributed by atoms with E-state index in [1.807, 2.05) is 4.90 Å². The van der Waals surface area contributed by atoms with Gasteiger partial charge in [0, 0.05) is 19.6 Å². The largest absolute Gasteiger partial charge is 0.392 e. The van der Waals surface area contributed by atoms with Crippen molar-refractivity contribution in [1.29, 1.82) is 0 Å². The number of nitrogens with one attached hydrogen (secondary N) is 1. The molecule has 0 unspecified atom stereocenters. The Morgan fingerprint density at radius 2 is 2.08 bits per heavy atom. The number of nitrogens with zero attached hydrogens (tertiary/aromatic N) is 1. The van der Waals surface area contributed by atoms with Crippen molar-refractivity contribution >= 4 is 6.03 Å². The molecule has 0 aliphatic carbocycles. The second-order valence-electron chi connectivity index (χ2n) is 3.58. The zero-order chi connectivity index (χ0) is 9.68. The maximum Gasteiger partial charge on any atom is 0.317 e. The molecule has 0 spiro atoms. The molecule has 0 bridgehead atoms. The SMILES string of the molecule is C[C@H](O)CNC(=O)N1CCCCC1. The van der Waals surface area contributed by atoms with E-state index in [4.69, 9.17) is 5.11 Å². The first-order valence-corrected chi connectivity index (χ1v) is 4.91. The summed E-state index contributed by atoms with van der Waals surface area (Å²) in [7, 11) is 0. The van der Waals surface area contributed by atoms with Crippen molar-refractivity contribution in [2.45, 2.75) is 32.3 Å². The van der Waals surface area contributed by atoms with Gasteiger partial charge in [-0.15, -0.1) is 0 Å². The third kappa shape index (κ3) is 3.63. The number of piperidine rings is 1. The van der Waals surface area contributed by atoms with Crippen molar-refractivity contribution in [2.75, 3.05) is 19.6 Å². The zero-order valence-corrected chi connectivity index (χ0v) is 8.12. The number of carbonyl (C=O) groups is 1. The van der Waals surface area contributed by atoms with Crippen molar-refractivity contribution in [3.63, 3.8) is 0 Å². The van der Waals surface area contributed by atoms with Crippen LogP contribution >= 0.6 is 0 Å². The molecule has 1 heterocycles. The normalized spacial score (nSPS) is 19.7. The van der Waals surface area contributed by atoms with Crippen molar-refractivity contribution in [3.8, 4) is 0 Å². The third-order valence-electron chi connectivity index (χ3n) is 2.19. The van der Waals surface area contributed by atoms with Gasteiger partial charge in [-0.05, 0) is 26.2 Å². The van der Waals surface area contributed by atoms with Crippen LogP contribution in [0, 0.1) is 0 Å². The Morgan fingerprint density at radius 3 is 2.62 bits per heavy atom. The molecule has 1 aliphatic heterocycles. The molecule has 2 amide bonds. The highest BCUT2D eigenvalue weighted by atomic mass is 16.3. The van der Waals surface area contributed by atoms with Crippen LogP contribution in [0.15, 0.2) is 0 Å². The Bertz CT molecular complexity index is 165. The lowest BCUT2D eigenvalue weighted by Crippen LogP contribution is -2.44. The molecule has 0 aromatic heterocycles. The van der Waals surface area contributed by atoms with Crippen LogP contribution in [-0.4, -0.2) is 41.8 Å². The number of urea groups is 1. The van der Waals surface area contributed by atoms with Crippen molar-refractivity contribution in [2.24, 2.45) is 0 Å². The molecule has 13 heavy (non-hydrogen) atoms. The number of hydrogen-bond acceptors (Lipinski definition) is 2. The lowest BCUT2D eigenvalue weighted by molar-refractivity contribution is 0.165. The topological polar surface area (TPSA) is 52.6 Å². The van der Waals surface area contributed by atoms with Crippen molar-refractivity contribution in [3.05, 3.63) is 0 Å². The van der Waals surface area contributed by atoms with Gasteiger partial charge in [-0.2, -0.15) is 0 Å². The molecule has 1 saturated heterocycles. The van der Waals surface area contributed by atoms with Gasteiger partial charge in [-0.25, -0.2) is 4.79 Å². The Hall–Kier alpha value is -0.770. The summed E-state index contributed by atoms with van der Waals surface area (Å²) in [6.07, 6.45) is 2.96. The average molecular weight is 186 g/mol. The van der Waals surface area contributed by atoms with Crippen LogP contribution in [0.3, 0.4) is 0 Å². The van der Waals surface area contributed by atoms with Crippen LogP contribution in [0.4, 0.5) is 4.79 Å². The van der Waals surface area contributed by atoms with E-state index in [0.717, 1.165) is 25.9 Å². The van der Waals surface area contributed by atoms with Crippen LogP contribution in [0.5, 0.6) is 0 Å². The van der Waals surface area contributed by atoms with Gasteiger partial charge >= 0.3 is 6.03 Å². The van der Waals surface area contributed by atoms with Crippen LogP contribution in [0.1, 0.15) is 26.2 Å². The minimum atomic E-state index is -0.464. The molecule has 0 radical (unpaired) electrons. The minimum Gasteiger partial charge on any atom is -0.392 e. The highest BCUT2D eigenvalue weighted by Crippen LogP contribution is 2.08. The van der Waals surface area contributed by atoms with E-state index in [1.165, 1.54) is 6.42 Å². The Kier molecular flexibility index (Phi) is 4.02. The average Bonchev–Trinajstić information content (AvgIpc) is 2.15. The summed E-state index contributed by atoms with van der Waals surface area (Å²) in [5.74, 6) is 0. The Balaban J connectivity index is 2.21. The van der Waals surface area contributed by atoms with Gasteiger partial charge in [-0.1, -0.05) is 0 Å². The molecule has 2 N–H and O–H groups in total. The van der Waals surface area contributed by atoms with E-state index in [2.05, 4.69) is 5.32 Å². The second kappa shape index (κ2) is 5.07. The number of aliphatic hydroxyl groups is 1. The standard InChI is InChI=1S/C9H18N2O2/c1-8(12)7-10-9(13)11-5-3-2-4-6-11/h8,12H,2-7H2,1H3,(H,10,13)/t8-/m0/s1. The smallest absolute Gasteiger partial charge is 0.317 e. The first-order chi connectivity index (χ1) is 6.20. The Labute approximate surface area is 78.9 Å². The van der Waals surface area contributed by atoms with Gasteiger partial charge in [0.15, 0.2) is 0 Å². The number of carbonyl (C=O) groups excluding carboxylic acids is 1. The summed E-state index contributed by atoms with van der Waals surface area (Å²) in [6, 6.07) is -0.0411. The lowest BCUT2D eigenvalue weighted by atomic mass is 10.1. The summed E-state index contributed by atoms with van der Waals surface area (Å²) >= 11 is 0. The molecule has 0 aromatic rings. The van der Waals surface area contributed by atoms with E-state index in [-0.39, 0.29) is 6.03 Å². The number of likely N-dealkylation sites (tertiary alicyclic amines) is 1. The fourth-order valence-electron chi connectivity index (χ4n) is 1.44. The van der Waals surface area contributed by atoms with Crippen LogP contribution < -0.4 is 5.32 Å². The molecule has 4 heteroatoms. The fraction of sp³-hybridized carbons (Fsp3) is 0.889. The lowest BCUT2D eigenvalue weighted by Gasteiger charge is -2.27. The predicted molar refractivity (Wildman–Crippen MR) is 50.5 cm³/mol. The van der Waals surface area contributed by atoms with Gasteiger partial charge in [0.25, 0.3) is 0 Å². The van der Waals surface area contributed by atoms with E-state index in [9.17, 15) is 4.79 Å². The minimum absolute atomic E-state index is 0.0411. The molecule has 1 rings (SSSR count). The molecule has 1 aliphatic rings. The molecular formula is C9H18N2O2. The summed E-state index contributed by atoms with van der Waals surface area (Å²) in [5, 5.41) is 11.7. The van der Waals surface area contributed by atoms with Crippen molar-refractivity contribution < 1.29 is 9.90 Å². The molecule has 1 atom stereocenters. The molecule has 1 fully saturated rings. The van der Waals surface area contributed by atoms with E-state index < -0.39 is 6.10 Å². The number of amides is 2. The summed E-state index contributed by atoms with van der Waals surface area (Å²) in [5.41, 5.74) is 0. The highest BCUT2D eigenvalue weighted by Gasteiger charge is 2.15. The van der Waals surface area contributed by atoms with E-state index >= 15 is 0 Å². The van der Waals surface area contributed by atoms with E-state index in [0.29, 0.717) is 6.54 Å². The van der Waals surface area contributed by atoms with Gasteiger partial charge in [0.1, 0.15) is 0 Å². The Morgan fingerprint density at radius 1 is 1.46 bits per heavy atom. The van der Waals surface area contributed by atoms with Crippen LogP contribution in [0.2, 0.25) is 0 Å². The van der Waals surface area contributed by atoms with E-state index in [1.54, 1.807) is 6.92 Å². The predicted octanol–water partition coefficient (Wildman–Crippen LogP) is 0.563. The molecule has 0 saturated carbocycles. The number of aliphatic hydroxyl groups excluding tert-OH is 1. The van der Waals surface area contributed by atoms with Gasteiger partial charge in [0.05, 0.1) is 6.10 Å². The molecule has 76 valence electrons. The van der Waals surface area contributed by atoms with Gasteiger partial charge in [0.2, 0.25) is 0 Å². The van der Waals surface area contributed by atoms with Crippen LogP contribution in [-0.2, 0) is 0 Å². The van der Waals surface area contributed by atoms with Gasteiger partial charge < -0.3 is 15.3 Å². The number of hydrogen-bond donors (Lipinski definition) is 2. The maximum absolute atomic E-state index is 11.4. The maximum atomic E-state index is 11.4. The molecule has 4 nitrogen and oxygen atoms in total. The summed E-state index contributed by atoms with van der Waals surface area (Å²) in [4.78, 5) is 13.2. The first kappa shape index (κ1) is 10.3. The quantitative estimate of drug-likeness (QED) is 0.662. The molecular weight excluding hydrogens is 168 g/mol. The fourth-order valence-corrected chi connectivity index (χ4v) is 1.44. The van der Waals surface area contributed by atoms with Crippen molar-refractivity contribution in [1.82, 2.24) is 10.2 Å². The monoisotopic (exact) mass is 186 g/mol. The molecule has 0 aromatic carbocycles. The first-order valence-electron chi connectivity index (χ1n) is 4.91. The number of rotatable bonds is 2.